The second-order valence-corrected chi connectivity index (χ2v) is 5.02. The van der Waals surface area contributed by atoms with Crippen LogP contribution in [0.2, 0.25) is 0 Å². The SMILES string of the molecule is CCCCN(Cc1cc(F)cc(C#N)c1)C1CC1. The zero-order chi connectivity index (χ0) is 13.0. The molecule has 1 aliphatic carbocycles. The molecule has 96 valence electrons. The van der Waals surface area contributed by atoms with Gasteiger partial charge in [0, 0.05) is 12.6 Å². The summed E-state index contributed by atoms with van der Waals surface area (Å²) < 4.78 is 13.4. The molecule has 2 nitrogen and oxygen atoms in total. The summed E-state index contributed by atoms with van der Waals surface area (Å²) in [6.45, 7) is 4.01. The second kappa shape index (κ2) is 5.97. The van der Waals surface area contributed by atoms with Crippen LogP contribution in [0.5, 0.6) is 0 Å². The van der Waals surface area contributed by atoms with Crippen LogP contribution >= 0.6 is 0 Å². The molecular formula is C15H19FN2. The fourth-order valence-corrected chi connectivity index (χ4v) is 2.23. The van der Waals surface area contributed by atoms with E-state index in [1.807, 2.05) is 6.07 Å². The van der Waals surface area contributed by atoms with Crippen LogP contribution in [0.25, 0.3) is 0 Å². The fraction of sp³-hybridized carbons (Fsp3) is 0.533. The third-order valence-corrected chi connectivity index (χ3v) is 3.33. The molecule has 1 aliphatic rings. The summed E-state index contributed by atoms with van der Waals surface area (Å²) in [5, 5.41) is 8.85. The molecule has 2 rings (SSSR count). The highest BCUT2D eigenvalue weighted by atomic mass is 19.1. The van der Waals surface area contributed by atoms with Crippen molar-refractivity contribution in [3.63, 3.8) is 0 Å². The van der Waals surface area contributed by atoms with E-state index >= 15 is 0 Å². The van der Waals surface area contributed by atoms with Gasteiger partial charge >= 0.3 is 0 Å². The van der Waals surface area contributed by atoms with Gasteiger partial charge in [-0.3, -0.25) is 4.90 Å². The maximum absolute atomic E-state index is 13.4. The Kier molecular flexibility index (Phi) is 4.33. The third kappa shape index (κ3) is 3.54. The Morgan fingerprint density at radius 3 is 2.78 bits per heavy atom. The number of nitriles is 1. The molecule has 3 heteroatoms. The van der Waals surface area contributed by atoms with Crippen molar-refractivity contribution in [2.24, 2.45) is 0 Å². The lowest BCUT2D eigenvalue weighted by molar-refractivity contribution is 0.250. The summed E-state index contributed by atoms with van der Waals surface area (Å²) in [5.41, 5.74) is 1.32. The number of nitrogens with zero attached hydrogens (tertiary/aromatic N) is 2. The lowest BCUT2D eigenvalue weighted by Gasteiger charge is -2.21. The van der Waals surface area contributed by atoms with Crippen molar-refractivity contribution in [3.05, 3.63) is 35.1 Å². The van der Waals surface area contributed by atoms with E-state index < -0.39 is 0 Å². The van der Waals surface area contributed by atoms with E-state index in [1.165, 1.54) is 31.7 Å². The van der Waals surface area contributed by atoms with Crippen molar-refractivity contribution in [2.45, 2.75) is 45.2 Å². The molecule has 1 fully saturated rings. The first-order valence-electron chi connectivity index (χ1n) is 6.66. The zero-order valence-corrected chi connectivity index (χ0v) is 10.8. The molecule has 18 heavy (non-hydrogen) atoms. The normalized spacial score (nSPS) is 14.8. The molecule has 0 N–H and O–H groups in total. The standard InChI is InChI=1S/C15H19FN2/c1-2-3-6-18(15-4-5-15)11-13-7-12(10-17)8-14(16)9-13/h7-9,15H,2-6,11H2,1H3. The summed E-state index contributed by atoms with van der Waals surface area (Å²) in [6, 6.07) is 7.31. The van der Waals surface area contributed by atoms with Crippen molar-refractivity contribution >= 4 is 0 Å². The van der Waals surface area contributed by atoms with Gasteiger partial charge in [-0.25, -0.2) is 4.39 Å². The van der Waals surface area contributed by atoms with Crippen LogP contribution in [0.15, 0.2) is 18.2 Å². The van der Waals surface area contributed by atoms with Crippen molar-refractivity contribution in [3.8, 4) is 6.07 Å². The second-order valence-electron chi connectivity index (χ2n) is 5.02. The van der Waals surface area contributed by atoms with Gasteiger partial charge in [-0.15, -0.1) is 0 Å². The van der Waals surface area contributed by atoms with E-state index in [0.717, 1.165) is 18.7 Å². The highest BCUT2D eigenvalue weighted by Crippen LogP contribution is 2.28. The highest BCUT2D eigenvalue weighted by molar-refractivity contribution is 5.33. The lowest BCUT2D eigenvalue weighted by Crippen LogP contribution is -2.26. The van der Waals surface area contributed by atoms with Gasteiger partial charge in [-0.05, 0) is 49.6 Å². The van der Waals surface area contributed by atoms with Crippen molar-refractivity contribution in [1.29, 1.82) is 5.26 Å². The summed E-state index contributed by atoms with van der Waals surface area (Å²) in [5.74, 6) is -0.310. The predicted octanol–water partition coefficient (Wildman–Crippen LogP) is 3.46. The van der Waals surface area contributed by atoms with Crippen molar-refractivity contribution < 1.29 is 4.39 Å². The lowest BCUT2D eigenvalue weighted by atomic mass is 10.1. The number of unbranched alkanes of at least 4 members (excludes halogenated alkanes) is 1. The van der Waals surface area contributed by atoms with Gasteiger partial charge in [0.2, 0.25) is 0 Å². The predicted molar refractivity (Wildman–Crippen MR) is 69.5 cm³/mol. The van der Waals surface area contributed by atoms with E-state index in [1.54, 1.807) is 12.1 Å². The Hall–Kier alpha value is -1.40. The zero-order valence-electron chi connectivity index (χ0n) is 10.8. The first-order chi connectivity index (χ1) is 8.72. The number of hydrogen-bond donors (Lipinski definition) is 0. The van der Waals surface area contributed by atoms with Gasteiger partial charge in [0.05, 0.1) is 11.6 Å². The van der Waals surface area contributed by atoms with E-state index in [9.17, 15) is 4.39 Å². The molecule has 0 heterocycles. The van der Waals surface area contributed by atoms with Crippen molar-refractivity contribution in [2.75, 3.05) is 6.54 Å². The largest absolute Gasteiger partial charge is 0.296 e. The molecule has 0 saturated heterocycles. The average molecular weight is 246 g/mol. The van der Waals surface area contributed by atoms with E-state index in [-0.39, 0.29) is 5.82 Å². The minimum atomic E-state index is -0.310. The summed E-state index contributed by atoms with van der Waals surface area (Å²) in [7, 11) is 0. The number of hydrogen-bond acceptors (Lipinski definition) is 2. The molecule has 0 spiro atoms. The number of halogens is 1. The summed E-state index contributed by atoms with van der Waals surface area (Å²) in [6.07, 6.45) is 4.86. The first-order valence-corrected chi connectivity index (χ1v) is 6.66. The van der Waals surface area contributed by atoms with E-state index in [0.29, 0.717) is 11.6 Å². The molecule has 1 saturated carbocycles. The van der Waals surface area contributed by atoms with Gasteiger partial charge in [0.15, 0.2) is 0 Å². The Morgan fingerprint density at radius 2 is 2.17 bits per heavy atom. The topological polar surface area (TPSA) is 27.0 Å². The Labute approximate surface area is 108 Å². The van der Waals surface area contributed by atoms with Gasteiger partial charge < -0.3 is 0 Å². The molecule has 0 amide bonds. The van der Waals surface area contributed by atoms with Crippen LogP contribution in [-0.4, -0.2) is 17.5 Å². The molecule has 0 aromatic heterocycles. The first kappa shape index (κ1) is 13.0. The Morgan fingerprint density at radius 1 is 1.39 bits per heavy atom. The van der Waals surface area contributed by atoms with Crippen LogP contribution in [0.1, 0.15) is 43.7 Å². The van der Waals surface area contributed by atoms with Crippen LogP contribution in [-0.2, 0) is 6.54 Å². The van der Waals surface area contributed by atoms with Crippen LogP contribution < -0.4 is 0 Å². The molecule has 0 radical (unpaired) electrons. The average Bonchev–Trinajstić information content (AvgIpc) is 3.18. The quantitative estimate of drug-likeness (QED) is 0.768. The van der Waals surface area contributed by atoms with Crippen LogP contribution in [0.3, 0.4) is 0 Å². The van der Waals surface area contributed by atoms with Gasteiger partial charge in [-0.2, -0.15) is 5.26 Å². The summed E-state index contributed by atoms with van der Waals surface area (Å²) >= 11 is 0. The maximum atomic E-state index is 13.4. The van der Waals surface area contributed by atoms with E-state index in [2.05, 4.69) is 11.8 Å². The Balaban J connectivity index is 2.06. The number of rotatable bonds is 6. The van der Waals surface area contributed by atoms with Crippen LogP contribution in [0.4, 0.5) is 4.39 Å². The minimum absolute atomic E-state index is 0.310. The molecule has 0 bridgehead atoms. The molecular weight excluding hydrogens is 227 g/mol. The molecule has 0 atom stereocenters. The van der Waals surface area contributed by atoms with E-state index in [4.69, 9.17) is 5.26 Å². The fourth-order valence-electron chi connectivity index (χ4n) is 2.23. The number of benzene rings is 1. The molecule has 1 aromatic rings. The Bertz CT molecular complexity index is 446. The highest BCUT2D eigenvalue weighted by Gasteiger charge is 2.28. The van der Waals surface area contributed by atoms with Gasteiger partial charge in [0.25, 0.3) is 0 Å². The smallest absolute Gasteiger partial charge is 0.124 e. The summed E-state index contributed by atoms with van der Waals surface area (Å²) in [4.78, 5) is 2.42. The molecule has 0 unspecified atom stereocenters. The van der Waals surface area contributed by atoms with Crippen LogP contribution in [0, 0.1) is 17.1 Å². The molecule has 1 aromatic carbocycles. The maximum Gasteiger partial charge on any atom is 0.124 e. The third-order valence-electron chi connectivity index (χ3n) is 3.33. The van der Waals surface area contributed by atoms with Crippen molar-refractivity contribution in [1.82, 2.24) is 4.90 Å². The molecule has 0 aliphatic heterocycles. The minimum Gasteiger partial charge on any atom is -0.296 e. The monoisotopic (exact) mass is 246 g/mol. The van der Waals surface area contributed by atoms with Gasteiger partial charge in [0.1, 0.15) is 5.82 Å². The van der Waals surface area contributed by atoms with Gasteiger partial charge in [-0.1, -0.05) is 13.3 Å².